The molecule has 3 saturated heterocycles. The van der Waals surface area contributed by atoms with Crippen LogP contribution in [-0.2, 0) is 21.4 Å². The number of carbonyl (C=O) groups is 1. The van der Waals surface area contributed by atoms with Crippen LogP contribution < -0.4 is 11.1 Å². The van der Waals surface area contributed by atoms with Gasteiger partial charge < -0.3 is 11.1 Å². The summed E-state index contributed by atoms with van der Waals surface area (Å²) in [7, 11) is -3.54. The van der Waals surface area contributed by atoms with E-state index in [0.29, 0.717) is 43.7 Å². The minimum atomic E-state index is -3.54. The molecule has 3 aliphatic heterocycles. The monoisotopic (exact) mass is 526 g/mol. The maximum absolute atomic E-state index is 13.2. The zero-order chi connectivity index (χ0) is 26.2. The quantitative estimate of drug-likeness (QED) is 0.442. The molecule has 9 nitrogen and oxygen atoms in total. The lowest BCUT2D eigenvalue weighted by Crippen LogP contribution is -2.48. The van der Waals surface area contributed by atoms with Crippen LogP contribution in [0, 0.1) is 22.7 Å². The highest BCUT2D eigenvalue weighted by atomic mass is 32.2. The van der Waals surface area contributed by atoms with E-state index < -0.39 is 22.0 Å². The zero-order valence-electron chi connectivity index (χ0n) is 21.2. The number of sulfonamides is 1. The molecule has 3 N–H and O–H groups in total. The SMILES string of the molecule is CC1C(C(=O)NCc2ccccc2)C2CC(C3CCN(S(=O)(=O)c4ccc(N)cc4)CC3)CCN2[N+]1=O. The number of benzene rings is 2. The van der Waals surface area contributed by atoms with Gasteiger partial charge in [-0.2, -0.15) is 4.31 Å². The van der Waals surface area contributed by atoms with Gasteiger partial charge >= 0.3 is 0 Å². The van der Waals surface area contributed by atoms with Gasteiger partial charge in [0.1, 0.15) is 16.8 Å². The third kappa shape index (κ3) is 5.09. The van der Waals surface area contributed by atoms with Crippen LogP contribution in [0.1, 0.15) is 38.2 Å². The van der Waals surface area contributed by atoms with Crippen molar-refractivity contribution in [1.29, 1.82) is 0 Å². The van der Waals surface area contributed by atoms with Crippen LogP contribution in [-0.4, -0.2) is 60.2 Å². The first-order valence-corrected chi connectivity index (χ1v) is 14.6. The van der Waals surface area contributed by atoms with Gasteiger partial charge in [-0.25, -0.2) is 8.42 Å². The van der Waals surface area contributed by atoms with Gasteiger partial charge in [-0.1, -0.05) is 30.3 Å². The number of hydrogen-bond acceptors (Lipinski definition) is 5. The molecule has 1 amide bonds. The Kier molecular flexibility index (Phi) is 7.22. The number of carbonyl (C=O) groups excluding carboxylic acids is 1. The number of nitrogens with zero attached hydrogens (tertiary/aromatic N) is 3. The Morgan fingerprint density at radius 2 is 1.65 bits per heavy atom. The molecule has 0 aromatic heterocycles. The van der Waals surface area contributed by atoms with Crippen LogP contribution in [0.2, 0.25) is 0 Å². The highest BCUT2D eigenvalue weighted by Gasteiger charge is 2.58. The minimum absolute atomic E-state index is 0.0743. The van der Waals surface area contributed by atoms with Crippen molar-refractivity contribution in [3.05, 3.63) is 65.1 Å². The van der Waals surface area contributed by atoms with Gasteiger partial charge in [-0.15, -0.1) is 5.01 Å². The topological polar surface area (TPSA) is 116 Å². The van der Waals surface area contributed by atoms with Crippen LogP contribution in [0.15, 0.2) is 59.5 Å². The molecule has 0 aliphatic carbocycles. The first-order valence-electron chi connectivity index (χ1n) is 13.2. The van der Waals surface area contributed by atoms with E-state index >= 15 is 0 Å². The molecular formula is C27H36N5O4S+. The molecule has 5 rings (SSSR count). The van der Waals surface area contributed by atoms with Gasteiger partial charge in [0, 0.05) is 32.2 Å². The Morgan fingerprint density at radius 3 is 2.32 bits per heavy atom. The van der Waals surface area contributed by atoms with E-state index in [2.05, 4.69) is 5.32 Å². The maximum Gasteiger partial charge on any atom is 0.245 e. The third-order valence-electron chi connectivity index (χ3n) is 8.49. The lowest BCUT2D eigenvalue weighted by atomic mass is 9.74. The van der Waals surface area contributed by atoms with Gasteiger partial charge in [-0.3, -0.25) is 4.79 Å². The Bertz CT molecular complexity index is 1230. The first-order chi connectivity index (χ1) is 17.8. The molecule has 2 aromatic rings. The van der Waals surface area contributed by atoms with E-state index in [9.17, 15) is 18.1 Å². The van der Waals surface area contributed by atoms with E-state index in [1.807, 2.05) is 42.3 Å². The van der Waals surface area contributed by atoms with Crippen molar-refractivity contribution in [3.63, 3.8) is 0 Å². The second-order valence-electron chi connectivity index (χ2n) is 10.6. The highest BCUT2D eigenvalue weighted by Crippen LogP contribution is 2.41. The fraction of sp³-hybridized carbons (Fsp3) is 0.519. The number of nitroso groups, excluding NO2 is 1. The second-order valence-corrected chi connectivity index (χ2v) is 12.5. The second kappa shape index (κ2) is 10.4. The molecule has 0 radical (unpaired) electrons. The standard InChI is InChI=1S/C27H35N5O4S/c1-19-26(27(33)29-18-20-5-3-2-4-6-20)25-17-22(13-16-31(25)32(19)34)21-11-14-30(15-12-21)37(35,36)24-9-7-23(28)8-10-24/h2-10,19,21-22,25-26H,11-18,28H2,1H3/p+1. The lowest BCUT2D eigenvalue weighted by Gasteiger charge is -2.39. The number of nitrogens with two attached hydrogens (primary N) is 1. The largest absolute Gasteiger partial charge is 0.399 e. The Morgan fingerprint density at radius 1 is 1.00 bits per heavy atom. The molecule has 3 fully saturated rings. The number of piperidine rings is 2. The van der Waals surface area contributed by atoms with E-state index in [-0.39, 0.29) is 16.8 Å². The Balaban J connectivity index is 1.21. The number of amides is 1. The number of anilines is 1. The predicted molar refractivity (Wildman–Crippen MR) is 140 cm³/mol. The Labute approximate surface area is 218 Å². The van der Waals surface area contributed by atoms with Crippen molar-refractivity contribution in [2.24, 2.45) is 17.8 Å². The van der Waals surface area contributed by atoms with Gasteiger partial charge in [0.05, 0.1) is 16.3 Å². The average Bonchev–Trinajstić information content (AvgIpc) is 3.17. The summed E-state index contributed by atoms with van der Waals surface area (Å²) in [4.78, 5) is 27.4. The summed E-state index contributed by atoms with van der Waals surface area (Å²) >= 11 is 0. The van der Waals surface area contributed by atoms with Gasteiger partial charge in [0.15, 0.2) is 0 Å². The molecule has 4 atom stereocenters. The molecular weight excluding hydrogens is 490 g/mol. The van der Waals surface area contributed by atoms with Crippen LogP contribution >= 0.6 is 0 Å². The normalized spacial score (nSPS) is 27.2. The molecule has 10 heteroatoms. The van der Waals surface area contributed by atoms with Crippen LogP contribution in [0.3, 0.4) is 0 Å². The lowest BCUT2D eigenvalue weighted by molar-refractivity contribution is -0.716. The van der Waals surface area contributed by atoms with Gasteiger partial charge in [0.25, 0.3) is 0 Å². The van der Waals surface area contributed by atoms with Crippen LogP contribution in [0.4, 0.5) is 5.69 Å². The van der Waals surface area contributed by atoms with Crippen molar-refractivity contribution >= 4 is 21.6 Å². The van der Waals surface area contributed by atoms with Crippen LogP contribution in [0.5, 0.6) is 0 Å². The molecule has 0 saturated carbocycles. The number of nitrogens with one attached hydrogen (secondary N) is 1. The number of hydrazine groups is 1. The van der Waals surface area contributed by atoms with E-state index in [4.69, 9.17) is 5.73 Å². The fourth-order valence-corrected chi connectivity index (χ4v) is 7.85. The van der Waals surface area contributed by atoms with Gasteiger partial charge in [0.2, 0.25) is 22.0 Å². The molecule has 4 unspecified atom stereocenters. The summed E-state index contributed by atoms with van der Waals surface area (Å²) in [5.41, 5.74) is 7.28. The van der Waals surface area contributed by atoms with Crippen LogP contribution in [0.25, 0.3) is 0 Å². The van der Waals surface area contributed by atoms with E-state index in [1.165, 1.54) is 0 Å². The summed E-state index contributed by atoms with van der Waals surface area (Å²) in [6.07, 6.45) is 3.23. The number of hydrogen-bond donors (Lipinski definition) is 2. The number of fused-ring (bicyclic) bond motifs is 1. The smallest absolute Gasteiger partial charge is 0.245 e. The zero-order valence-corrected chi connectivity index (χ0v) is 22.0. The van der Waals surface area contributed by atoms with Gasteiger partial charge in [-0.05, 0) is 67.3 Å². The van der Waals surface area contributed by atoms with Crippen molar-refractivity contribution in [2.45, 2.75) is 56.1 Å². The van der Waals surface area contributed by atoms with Crippen molar-refractivity contribution in [1.82, 2.24) is 14.6 Å². The molecule has 2 aromatic carbocycles. The summed E-state index contributed by atoms with van der Waals surface area (Å²) in [5, 5.41) is 4.89. The molecule has 3 heterocycles. The van der Waals surface area contributed by atoms with Crippen molar-refractivity contribution < 1.29 is 18.1 Å². The van der Waals surface area contributed by atoms with Crippen molar-refractivity contribution in [3.8, 4) is 0 Å². The van der Waals surface area contributed by atoms with Crippen molar-refractivity contribution in [2.75, 3.05) is 25.4 Å². The molecule has 0 spiro atoms. The first kappa shape index (κ1) is 25.7. The molecule has 198 valence electrons. The third-order valence-corrected chi connectivity index (χ3v) is 10.4. The Hall–Kier alpha value is -2.98. The molecule has 37 heavy (non-hydrogen) atoms. The molecule has 3 aliphatic rings. The molecule has 0 bridgehead atoms. The summed E-state index contributed by atoms with van der Waals surface area (Å²) in [6, 6.07) is 15.6. The fourth-order valence-electron chi connectivity index (χ4n) is 6.38. The summed E-state index contributed by atoms with van der Waals surface area (Å²) in [5.74, 6) is 0.277. The average molecular weight is 527 g/mol. The highest BCUT2D eigenvalue weighted by molar-refractivity contribution is 7.89. The number of nitrogen functional groups attached to an aromatic ring is 1. The summed E-state index contributed by atoms with van der Waals surface area (Å²) in [6.45, 7) is 3.88. The van der Waals surface area contributed by atoms with E-state index in [1.54, 1.807) is 28.6 Å². The van der Waals surface area contributed by atoms with E-state index in [0.717, 1.165) is 36.1 Å². The minimum Gasteiger partial charge on any atom is -0.399 e. The predicted octanol–water partition coefficient (Wildman–Crippen LogP) is 2.78. The summed E-state index contributed by atoms with van der Waals surface area (Å²) < 4.78 is 27.7. The maximum atomic E-state index is 13.2. The number of rotatable bonds is 6.